The van der Waals surface area contributed by atoms with Crippen LogP contribution in [0.15, 0.2) is 125 Å². The van der Waals surface area contributed by atoms with Crippen LogP contribution in [0.2, 0.25) is 0 Å². The highest BCUT2D eigenvalue weighted by Gasteiger charge is 2.10. The van der Waals surface area contributed by atoms with Crippen LogP contribution < -0.4 is 20.8 Å². The lowest BCUT2D eigenvalue weighted by atomic mass is 10.1. The molecule has 1 heterocycles. The van der Waals surface area contributed by atoms with Gasteiger partial charge in [-0.25, -0.2) is 4.79 Å². The van der Waals surface area contributed by atoms with Gasteiger partial charge in [-0.05, 0) is 63.1 Å². The largest absolute Gasteiger partial charge is 0.456 e. The van der Waals surface area contributed by atoms with Crippen molar-refractivity contribution in [3.05, 3.63) is 126 Å². The maximum Gasteiger partial charge on any atom is 0.412 e. The van der Waals surface area contributed by atoms with Crippen molar-refractivity contribution in [1.82, 2.24) is 10.6 Å². The van der Waals surface area contributed by atoms with Gasteiger partial charge in [0.25, 0.3) is 0 Å². The number of rotatable bonds is 18. The first kappa shape index (κ1) is 34.6. The zero-order chi connectivity index (χ0) is 32.0. The molecule has 45 heavy (non-hydrogen) atoms. The van der Waals surface area contributed by atoms with Crippen molar-refractivity contribution in [2.75, 3.05) is 13.1 Å². The Labute approximate surface area is 266 Å². The molecule has 7 heteroatoms. The van der Waals surface area contributed by atoms with Gasteiger partial charge in [0.2, 0.25) is 5.91 Å². The maximum absolute atomic E-state index is 12.7. The molecule has 3 aromatic rings. The van der Waals surface area contributed by atoms with E-state index in [0.717, 1.165) is 50.5 Å². The number of carbonyl (C=O) groups is 2. The van der Waals surface area contributed by atoms with Crippen LogP contribution in [0.4, 0.5) is 4.79 Å². The minimum atomic E-state index is -0.674. The molecule has 3 rings (SSSR count). The normalized spacial score (nSPS) is 11.9. The van der Waals surface area contributed by atoms with E-state index in [2.05, 4.69) is 78.3 Å². The highest BCUT2D eigenvalue weighted by molar-refractivity contribution is 5.81. The molecule has 7 nitrogen and oxygen atoms in total. The number of benzene rings is 2. The second-order valence-electron chi connectivity index (χ2n) is 10.3. The predicted octanol–water partition coefficient (Wildman–Crippen LogP) is 8.59. The molecule has 0 radical (unpaired) electrons. The molecule has 0 atom stereocenters. The van der Waals surface area contributed by atoms with Crippen molar-refractivity contribution < 1.29 is 18.7 Å². The Balaban J connectivity index is 1.23. The van der Waals surface area contributed by atoms with Gasteiger partial charge in [-0.2, -0.15) is 0 Å². The summed E-state index contributed by atoms with van der Waals surface area (Å²) < 4.78 is 11.2. The Kier molecular flexibility index (Phi) is 16.1. The number of amides is 2. The van der Waals surface area contributed by atoms with Crippen molar-refractivity contribution in [2.45, 2.75) is 58.3 Å². The van der Waals surface area contributed by atoms with E-state index in [0.29, 0.717) is 29.7 Å². The van der Waals surface area contributed by atoms with E-state index < -0.39 is 6.09 Å². The van der Waals surface area contributed by atoms with E-state index >= 15 is 0 Å². The van der Waals surface area contributed by atoms with Crippen molar-refractivity contribution >= 4 is 23.0 Å². The van der Waals surface area contributed by atoms with Crippen LogP contribution in [0.3, 0.4) is 0 Å². The molecule has 0 saturated carbocycles. The number of nitrogens with one attached hydrogen (secondary N) is 2. The van der Waals surface area contributed by atoms with E-state index in [1.807, 2.05) is 30.3 Å². The van der Waals surface area contributed by atoms with Gasteiger partial charge in [0, 0.05) is 31.1 Å². The molecule has 0 aliphatic rings. The molecule has 0 fully saturated rings. The van der Waals surface area contributed by atoms with Gasteiger partial charge >= 0.3 is 6.09 Å². The SMILES string of the molecule is CCC=CCC=CCC=CCC=CCC=CCCCC(=O)NCCNC(=O)Oc1ccc2oc(-c3ccccc3)cc(=O)c2c1. The molecule has 0 saturated heterocycles. The van der Waals surface area contributed by atoms with Gasteiger partial charge in [-0.3, -0.25) is 9.59 Å². The summed E-state index contributed by atoms with van der Waals surface area (Å²) in [5.41, 5.74) is 0.969. The second-order valence-corrected chi connectivity index (χ2v) is 10.3. The number of unbranched alkanes of at least 4 members (excludes halogenated alkanes) is 1. The van der Waals surface area contributed by atoms with Crippen LogP contribution >= 0.6 is 0 Å². The Morgan fingerprint density at radius 2 is 1.38 bits per heavy atom. The van der Waals surface area contributed by atoms with Crippen molar-refractivity contribution in [3.8, 4) is 17.1 Å². The third-order valence-electron chi connectivity index (χ3n) is 6.62. The number of ether oxygens (including phenoxy) is 1. The molecular formula is C38H44N2O5. The summed E-state index contributed by atoms with van der Waals surface area (Å²) in [5, 5.41) is 5.71. The minimum Gasteiger partial charge on any atom is -0.456 e. The summed E-state index contributed by atoms with van der Waals surface area (Å²) in [4.78, 5) is 36.9. The van der Waals surface area contributed by atoms with E-state index in [9.17, 15) is 14.4 Å². The number of hydrogen-bond acceptors (Lipinski definition) is 5. The van der Waals surface area contributed by atoms with Crippen molar-refractivity contribution in [2.24, 2.45) is 0 Å². The molecule has 236 valence electrons. The Bertz CT molecular complexity index is 1550. The van der Waals surface area contributed by atoms with Crippen molar-refractivity contribution in [1.29, 1.82) is 0 Å². The first-order valence-electron chi connectivity index (χ1n) is 15.7. The minimum absolute atomic E-state index is 0.0614. The standard InChI is InChI=1S/C38H44N2O5/c1-2-3-4-5-6-7-8-9-10-11-12-13-14-15-16-17-21-24-37(42)39-27-28-40-38(43)44-32-25-26-35-33(29-32)34(41)30-36(45-35)31-22-19-18-20-23-31/h3-4,6-7,9-10,12-13,15-16,18-20,22-23,25-26,29-30H,2,5,8,11,14,17,21,24,27-28H2,1H3,(H,39,42)(H,40,43). The highest BCUT2D eigenvalue weighted by atomic mass is 16.6. The topological polar surface area (TPSA) is 97.6 Å². The monoisotopic (exact) mass is 608 g/mol. The number of allylic oxidation sites excluding steroid dienone is 10. The lowest BCUT2D eigenvalue weighted by molar-refractivity contribution is -0.121. The third kappa shape index (κ3) is 13.9. The van der Waals surface area contributed by atoms with E-state index in [1.54, 1.807) is 12.1 Å². The molecule has 0 unspecified atom stereocenters. The van der Waals surface area contributed by atoms with Crippen LogP contribution in [0, 0.1) is 0 Å². The fraction of sp³-hybridized carbons (Fsp3) is 0.289. The fourth-order valence-corrected chi connectivity index (χ4v) is 4.29. The van der Waals surface area contributed by atoms with Crippen LogP contribution in [0.5, 0.6) is 5.75 Å². The van der Waals surface area contributed by atoms with Crippen molar-refractivity contribution in [3.63, 3.8) is 0 Å². The summed E-state index contributed by atoms with van der Waals surface area (Å²) in [7, 11) is 0. The van der Waals surface area contributed by atoms with Crippen LogP contribution in [-0.2, 0) is 4.79 Å². The molecule has 0 spiro atoms. The Morgan fingerprint density at radius 1 is 0.756 bits per heavy atom. The van der Waals surface area contributed by atoms with Gasteiger partial charge in [-0.15, -0.1) is 0 Å². The van der Waals surface area contributed by atoms with E-state index in [1.165, 1.54) is 12.1 Å². The molecular weight excluding hydrogens is 564 g/mol. The van der Waals surface area contributed by atoms with Crippen LogP contribution in [-0.4, -0.2) is 25.1 Å². The molecule has 0 aliphatic heterocycles. The molecule has 0 aliphatic carbocycles. The highest BCUT2D eigenvalue weighted by Crippen LogP contribution is 2.24. The van der Waals surface area contributed by atoms with E-state index in [4.69, 9.17) is 9.15 Å². The second kappa shape index (κ2) is 20.9. The summed E-state index contributed by atoms with van der Waals surface area (Å²) in [5.74, 6) is 0.628. The number of carbonyl (C=O) groups excluding carboxylic acids is 2. The maximum atomic E-state index is 12.7. The summed E-state index contributed by atoms with van der Waals surface area (Å²) in [6.07, 6.45) is 27.9. The molecule has 0 bridgehead atoms. The molecule has 2 amide bonds. The average molecular weight is 609 g/mol. The number of fused-ring (bicyclic) bond motifs is 1. The molecule has 1 aromatic heterocycles. The molecule has 2 N–H and O–H groups in total. The Hall–Kier alpha value is -4.91. The lowest BCUT2D eigenvalue weighted by Gasteiger charge is -2.09. The van der Waals surface area contributed by atoms with Crippen LogP contribution in [0.1, 0.15) is 58.3 Å². The van der Waals surface area contributed by atoms with Gasteiger partial charge in [0.05, 0.1) is 5.39 Å². The first-order valence-corrected chi connectivity index (χ1v) is 15.7. The smallest absolute Gasteiger partial charge is 0.412 e. The van der Waals surface area contributed by atoms with Gasteiger partial charge in [0.15, 0.2) is 5.43 Å². The van der Waals surface area contributed by atoms with Crippen LogP contribution in [0.25, 0.3) is 22.3 Å². The summed E-state index contributed by atoms with van der Waals surface area (Å²) in [6, 6.07) is 15.4. The van der Waals surface area contributed by atoms with E-state index in [-0.39, 0.29) is 23.6 Å². The van der Waals surface area contributed by atoms with Gasteiger partial charge in [-0.1, -0.05) is 98.0 Å². The summed E-state index contributed by atoms with van der Waals surface area (Å²) in [6.45, 7) is 2.65. The zero-order valence-electron chi connectivity index (χ0n) is 26.1. The Morgan fingerprint density at radius 3 is 2.04 bits per heavy atom. The molecule has 2 aromatic carbocycles. The summed E-state index contributed by atoms with van der Waals surface area (Å²) >= 11 is 0. The predicted molar refractivity (Wildman–Crippen MR) is 183 cm³/mol. The third-order valence-corrected chi connectivity index (χ3v) is 6.62. The zero-order valence-corrected chi connectivity index (χ0v) is 26.1. The fourth-order valence-electron chi connectivity index (χ4n) is 4.29. The average Bonchev–Trinajstić information content (AvgIpc) is 3.05. The first-order chi connectivity index (χ1) is 22.1. The quantitative estimate of drug-likeness (QED) is 0.111. The van der Waals surface area contributed by atoms with Gasteiger partial charge < -0.3 is 19.8 Å². The number of hydrogen-bond donors (Lipinski definition) is 2. The van der Waals surface area contributed by atoms with Gasteiger partial charge in [0.1, 0.15) is 17.1 Å². The lowest BCUT2D eigenvalue weighted by Crippen LogP contribution is -2.35.